The molecule has 0 aliphatic heterocycles. The predicted molar refractivity (Wildman–Crippen MR) is 80.9 cm³/mol. The van der Waals surface area contributed by atoms with E-state index in [4.69, 9.17) is 16.3 Å². The van der Waals surface area contributed by atoms with E-state index < -0.39 is 0 Å². The molecule has 4 heteroatoms. The van der Waals surface area contributed by atoms with Gasteiger partial charge in [-0.1, -0.05) is 25.4 Å². The molecule has 1 N–H and O–H groups in total. The molecule has 0 aliphatic carbocycles. The number of halogens is 1. The summed E-state index contributed by atoms with van der Waals surface area (Å²) in [7, 11) is 1.72. The first-order valence-corrected chi connectivity index (χ1v) is 6.79. The van der Waals surface area contributed by atoms with Crippen LogP contribution in [0.3, 0.4) is 0 Å². The fourth-order valence-electron chi connectivity index (χ4n) is 2.03. The third kappa shape index (κ3) is 3.37. The van der Waals surface area contributed by atoms with Gasteiger partial charge in [-0.2, -0.15) is 0 Å². The summed E-state index contributed by atoms with van der Waals surface area (Å²) in [5.74, 6) is 0.482. The Balaban J connectivity index is 2.34. The minimum absolute atomic E-state index is 0.270. The normalized spacial score (nSPS) is 12.9. The fraction of sp³-hybridized carbons (Fsp3) is 0.400. The molecule has 0 spiro atoms. The Kier molecular flexibility index (Phi) is 4.61. The molecule has 1 heterocycles. The van der Waals surface area contributed by atoms with Gasteiger partial charge in [-0.15, -0.1) is 0 Å². The Hall–Kier alpha value is -1.32. The van der Waals surface area contributed by atoms with Crippen molar-refractivity contribution < 1.29 is 4.74 Å². The number of hydrogen-bond acceptors (Lipinski definition) is 3. The summed E-state index contributed by atoms with van der Waals surface area (Å²) in [6.07, 6.45) is 1.80. The van der Waals surface area contributed by atoms with Gasteiger partial charge in [-0.3, -0.25) is 4.98 Å². The van der Waals surface area contributed by atoms with E-state index in [0.29, 0.717) is 17.5 Å². The van der Waals surface area contributed by atoms with E-state index >= 15 is 0 Å². The smallest absolute Gasteiger partial charge is 0.0737 e. The first-order chi connectivity index (χ1) is 9.11. The average molecular weight is 279 g/mol. The molecule has 2 aromatic rings. The number of hydrogen-bond donors (Lipinski definition) is 1. The third-order valence-corrected chi connectivity index (χ3v) is 3.43. The molecule has 1 atom stereocenters. The van der Waals surface area contributed by atoms with E-state index in [1.165, 1.54) is 0 Å². The lowest BCUT2D eigenvalue weighted by molar-refractivity contribution is 0.171. The van der Waals surface area contributed by atoms with Crippen LogP contribution in [0.15, 0.2) is 30.5 Å². The molecule has 2 rings (SSSR count). The van der Waals surface area contributed by atoms with Gasteiger partial charge in [0.25, 0.3) is 0 Å². The lowest BCUT2D eigenvalue weighted by Crippen LogP contribution is -2.30. The highest BCUT2D eigenvalue weighted by molar-refractivity contribution is 6.31. The Morgan fingerprint density at radius 2 is 2.11 bits per heavy atom. The van der Waals surface area contributed by atoms with E-state index in [1.54, 1.807) is 13.3 Å². The molecular formula is C15H19ClN2O. The zero-order valence-electron chi connectivity index (χ0n) is 11.5. The fourth-order valence-corrected chi connectivity index (χ4v) is 2.19. The Morgan fingerprint density at radius 3 is 2.79 bits per heavy atom. The van der Waals surface area contributed by atoms with Crippen molar-refractivity contribution in [3.05, 3.63) is 35.5 Å². The maximum atomic E-state index is 6.00. The Bertz CT molecular complexity index is 557. The van der Waals surface area contributed by atoms with Crippen LogP contribution >= 0.6 is 11.6 Å². The number of anilines is 1. The summed E-state index contributed by atoms with van der Waals surface area (Å²) in [4.78, 5) is 4.35. The van der Waals surface area contributed by atoms with Crippen molar-refractivity contribution in [2.75, 3.05) is 19.0 Å². The molecule has 3 nitrogen and oxygen atoms in total. The van der Waals surface area contributed by atoms with Gasteiger partial charge < -0.3 is 10.1 Å². The quantitative estimate of drug-likeness (QED) is 0.898. The van der Waals surface area contributed by atoms with Crippen molar-refractivity contribution >= 4 is 28.2 Å². The van der Waals surface area contributed by atoms with Crippen molar-refractivity contribution in [2.45, 2.75) is 19.9 Å². The first-order valence-electron chi connectivity index (χ1n) is 6.41. The second kappa shape index (κ2) is 6.22. The van der Waals surface area contributed by atoms with Gasteiger partial charge in [-0.25, -0.2) is 0 Å². The van der Waals surface area contributed by atoms with Gasteiger partial charge in [0.2, 0.25) is 0 Å². The molecule has 19 heavy (non-hydrogen) atoms. The van der Waals surface area contributed by atoms with E-state index in [1.807, 2.05) is 24.3 Å². The SMILES string of the molecule is COCC(Nc1ccnc2cc(Cl)ccc12)C(C)C. The molecule has 0 bridgehead atoms. The van der Waals surface area contributed by atoms with Crippen LogP contribution in [0.25, 0.3) is 10.9 Å². The van der Waals surface area contributed by atoms with Gasteiger partial charge >= 0.3 is 0 Å². The second-order valence-corrected chi connectivity index (χ2v) is 5.41. The molecule has 102 valence electrons. The van der Waals surface area contributed by atoms with Gasteiger partial charge in [0.15, 0.2) is 0 Å². The zero-order valence-corrected chi connectivity index (χ0v) is 12.2. The highest BCUT2D eigenvalue weighted by Gasteiger charge is 2.14. The number of ether oxygens (including phenoxy) is 1. The number of fused-ring (bicyclic) bond motifs is 1. The minimum atomic E-state index is 0.270. The van der Waals surface area contributed by atoms with Gasteiger partial charge in [0, 0.05) is 29.4 Å². The summed E-state index contributed by atoms with van der Waals surface area (Å²) in [5.41, 5.74) is 1.97. The minimum Gasteiger partial charge on any atom is -0.383 e. The number of rotatable bonds is 5. The number of benzene rings is 1. The number of nitrogens with zero attached hydrogens (tertiary/aromatic N) is 1. The molecule has 1 aromatic carbocycles. The number of pyridine rings is 1. The van der Waals surface area contributed by atoms with E-state index in [2.05, 4.69) is 24.1 Å². The van der Waals surface area contributed by atoms with Crippen molar-refractivity contribution in [2.24, 2.45) is 5.92 Å². The lowest BCUT2D eigenvalue weighted by Gasteiger charge is -2.23. The Morgan fingerprint density at radius 1 is 1.32 bits per heavy atom. The van der Waals surface area contributed by atoms with E-state index in [9.17, 15) is 0 Å². The van der Waals surface area contributed by atoms with Crippen LogP contribution in [0, 0.1) is 5.92 Å². The summed E-state index contributed by atoms with van der Waals surface area (Å²) >= 11 is 6.00. The molecule has 1 unspecified atom stereocenters. The van der Waals surface area contributed by atoms with Crippen molar-refractivity contribution in [1.29, 1.82) is 0 Å². The largest absolute Gasteiger partial charge is 0.383 e. The molecule has 0 radical (unpaired) electrons. The summed E-state index contributed by atoms with van der Waals surface area (Å²) in [5, 5.41) is 5.31. The number of aromatic nitrogens is 1. The zero-order chi connectivity index (χ0) is 13.8. The highest BCUT2D eigenvalue weighted by atomic mass is 35.5. The summed E-state index contributed by atoms with van der Waals surface area (Å²) < 4.78 is 5.27. The highest BCUT2D eigenvalue weighted by Crippen LogP contribution is 2.25. The van der Waals surface area contributed by atoms with Crippen LogP contribution < -0.4 is 5.32 Å². The molecule has 0 amide bonds. The number of nitrogens with one attached hydrogen (secondary N) is 1. The van der Waals surface area contributed by atoms with Crippen molar-refractivity contribution in [1.82, 2.24) is 4.98 Å². The summed E-state index contributed by atoms with van der Waals surface area (Å²) in [6.45, 7) is 5.03. The van der Waals surface area contributed by atoms with Crippen LogP contribution in [-0.4, -0.2) is 24.7 Å². The molecule has 0 saturated heterocycles. The van der Waals surface area contributed by atoms with E-state index in [-0.39, 0.29) is 6.04 Å². The number of methoxy groups -OCH3 is 1. The van der Waals surface area contributed by atoms with E-state index in [0.717, 1.165) is 16.6 Å². The molecule has 0 saturated carbocycles. The monoisotopic (exact) mass is 278 g/mol. The molecular weight excluding hydrogens is 260 g/mol. The predicted octanol–water partition coefficient (Wildman–Crippen LogP) is 3.97. The molecule has 0 aliphatic rings. The molecule has 0 fully saturated rings. The van der Waals surface area contributed by atoms with Crippen LogP contribution in [0.5, 0.6) is 0 Å². The Labute approximate surface area is 118 Å². The maximum Gasteiger partial charge on any atom is 0.0737 e. The second-order valence-electron chi connectivity index (χ2n) is 4.97. The van der Waals surface area contributed by atoms with Crippen LogP contribution in [0.2, 0.25) is 5.02 Å². The topological polar surface area (TPSA) is 34.1 Å². The molecule has 1 aromatic heterocycles. The van der Waals surface area contributed by atoms with Crippen LogP contribution in [0.4, 0.5) is 5.69 Å². The maximum absolute atomic E-state index is 6.00. The van der Waals surface area contributed by atoms with Gasteiger partial charge in [0.1, 0.15) is 0 Å². The lowest BCUT2D eigenvalue weighted by atomic mass is 10.0. The van der Waals surface area contributed by atoms with Crippen LogP contribution in [0.1, 0.15) is 13.8 Å². The average Bonchev–Trinajstić information content (AvgIpc) is 2.37. The van der Waals surface area contributed by atoms with Crippen molar-refractivity contribution in [3.8, 4) is 0 Å². The van der Waals surface area contributed by atoms with Crippen LogP contribution in [-0.2, 0) is 4.74 Å². The summed E-state index contributed by atoms with van der Waals surface area (Å²) in [6, 6.07) is 8.02. The standard InChI is InChI=1S/C15H19ClN2O/c1-10(2)15(9-19-3)18-13-6-7-17-14-8-11(16)4-5-12(13)14/h4-8,10,15H,9H2,1-3H3,(H,17,18). The van der Waals surface area contributed by atoms with Gasteiger partial charge in [-0.05, 0) is 30.2 Å². The van der Waals surface area contributed by atoms with Gasteiger partial charge in [0.05, 0.1) is 18.2 Å². The first kappa shape index (κ1) is 14.1. The van der Waals surface area contributed by atoms with Crippen molar-refractivity contribution in [3.63, 3.8) is 0 Å². The third-order valence-electron chi connectivity index (χ3n) is 3.20.